The third kappa shape index (κ3) is 10.7. The minimum atomic E-state index is -1.94. The average Bonchev–Trinajstić information content (AvgIpc) is 2.96. The predicted molar refractivity (Wildman–Crippen MR) is 188 cm³/mol. The molecule has 2 rings (SSSR count). The number of anilines is 3. The Balaban J connectivity index is 2.05. The molecule has 0 spiro atoms. The van der Waals surface area contributed by atoms with Crippen molar-refractivity contribution in [1.29, 1.82) is 0 Å². The number of aryl methyl sites for hydroxylation is 1. The highest BCUT2D eigenvalue weighted by atomic mass is 16.2. The van der Waals surface area contributed by atoms with Crippen LogP contribution in [0.25, 0.3) is 0 Å². The van der Waals surface area contributed by atoms with Gasteiger partial charge in [-0.3, -0.25) is 14.4 Å². The molecular weight excluding hydrogens is 573 g/mol. The van der Waals surface area contributed by atoms with Gasteiger partial charge in [-0.05, 0) is 51.3 Å². The molecule has 0 aliphatic heterocycles. The van der Waals surface area contributed by atoms with Crippen LogP contribution in [0.3, 0.4) is 0 Å². The normalized spacial score (nSPS) is 12.7. The number of aromatic nitrogens is 2. The van der Waals surface area contributed by atoms with E-state index < -0.39 is 28.3 Å². The first-order chi connectivity index (χ1) is 21.3. The minimum absolute atomic E-state index is 0.0488. The molecule has 0 unspecified atom stereocenters. The number of amides is 3. The summed E-state index contributed by atoms with van der Waals surface area (Å²) in [5, 5.41) is 2.15. The summed E-state index contributed by atoms with van der Waals surface area (Å²) in [7, 11) is 37.3. The molecule has 17 heteroatoms. The second-order valence-electron chi connectivity index (χ2n) is 11.4. The Morgan fingerprint density at radius 2 is 1.65 bits per heavy atom. The SMILES string of the molecule is [B]C([B])([B])N(C/C=C/C(=O)N(C)[C@@H](C)C(=O)NCCc1cccc(Nc2nc(N(C)C(C)C)c(CC)nc2C(N)=O)c1)C([B])([B])[B]. The summed E-state index contributed by atoms with van der Waals surface area (Å²) < 4.78 is 0. The van der Waals surface area contributed by atoms with E-state index in [0.29, 0.717) is 36.6 Å². The molecule has 12 radical (unpaired) electrons. The van der Waals surface area contributed by atoms with Gasteiger partial charge in [-0.25, -0.2) is 9.97 Å². The molecule has 4 N–H and O–H groups in total. The fourth-order valence-corrected chi connectivity index (χ4v) is 4.30. The third-order valence-electron chi connectivity index (χ3n) is 7.32. The molecule has 3 amide bonds. The Bertz CT molecular complexity index is 1400. The van der Waals surface area contributed by atoms with Crippen LogP contribution in [0.5, 0.6) is 0 Å². The summed E-state index contributed by atoms with van der Waals surface area (Å²) in [4.78, 5) is 51.1. The molecule has 1 aromatic carbocycles. The number of nitrogens with zero attached hydrogens (tertiary/aromatic N) is 5. The molecule has 0 saturated heterocycles. The monoisotopic (exact) mass is 612 g/mol. The molecule has 46 heavy (non-hydrogen) atoms. The van der Waals surface area contributed by atoms with Gasteiger partial charge in [-0.1, -0.05) is 35.6 Å². The largest absolute Gasteiger partial charge is 0.364 e. The lowest BCUT2D eigenvalue weighted by Gasteiger charge is -2.48. The molecule has 0 saturated carbocycles. The first-order valence-corrected chi connectivity index (χ1v) is 14.8. The molecule has 0 bridgehead atoms. The molecule has 1 heterocycles. The topological polar surface area (TPSA) is 137 Å². The van der Waals surface area contributed by atoms with E-state index in [1.54, 1.807) is 6.92 Å². The van der Waals surface area contributed by atoms with Gasteiger partial charge in [0, 0.05) is 45.0 Å². The van der Waals surface area contributed by atoms with Crippen molar-refractivity contribution in [3.05, 3.63) is 53.4 Å². The van der Waals surface area contributed by atoms with Gasteiger partial charge in [-0.15, -0.1) is 0 Å². The fourth-order valence-electron chi connectivity index (χ4n) is 4.30. The summed E-state index contributed by atoms with van der Waals surface area (Å²) in [6.07, 6.45) is 3.66. The Kier molecular flexibility index (Phi) is 13.7. The van der Waals surface area contributed by atoms with E-state index in [9.17, 15) is 14.4 Å². The molecule has 11 nitrogen and oxygen atoms in total. The number of benzene rings is 1. The molecular formula is C29H38B6N8O3. The number of hydrogen-bond donors (Lipinski definition) is 3. The Labute approximate surface area is 280 Å². The van der Waals surface area contributed by atoms with Crippen molar-refractivity contribution < 1.29 is 14.4 Å². The van der Waals surface area contributed by atoms with E-state index in [1.807, 2.05) is 57.0 Å². The number of likely N-dealkylation sites (N-methyl/N-ethyl adjacent to an activating group) is 1. The molecule has 0 aliphatic rings. The van der Waals surface area contributed by atoms with Gasteiger partial charge in [0.2, 0.25) is 11.8 Å². The van der Waals surface area contributed by atoms with Crippen molar-refractivity contribution in [2.45, 2.75) is 63.1 Å². The number of rotatable bonds is 16. The summed E-state index contributed by atoms with van der Waals surface area (Å²) in [6.45, 7) is 7.78. The van der Waals surface area contributed by atoms with E-state index in [2.05, 4.69) is 15.6 Å². The number of carbonyl (C=O) groups excluding carboxylic acids is 3. The molecule has 1 atom stereocenters. The number of hydrogen-bond acceptors (Lipinski definition) is 8. The lowest BCUT2D eigenvalue weighted by atomic mass is 9.40. The van der Waals surface area contributed by atoms with Crippen LogP contribution in [-0.2, 0) is 22.4 Å². The fraction of sp³-hybridized carbons (Fsp3) is 0.483. The Morgan fingerprint density at radius 3 is 2.20 bits per heavy atom. The highest BCUT2D eigenvalue weighted by molar-refractivity contribution is 6.63. The van der Waals surface area contributed by atoms with Crippen LogP contribution in [-0.4, -0.2) is 134 Å². The number of nitrogens with one attached hydrogen (secondary N) is 2. The van der Waals surface area contributed by atoms with Crippen molar-refractivity contribution in [3.63, 3.8) is 0 Å². The second kappa shape index (κ2) is 16.3. The van der Waals surface area contributed by atoms with E-state index in [4.69, 9.17) is 57.8 Å². The van der Waals surface area contributed by atoms with Crippen LogP contribution < -0.4 is 21.3 Å². The van der Waals surface area contributed by atoms with Crippen LogP contribution >= 0.6 is 0 Å². The van der Waals surface area contributed by atoms with E-state index in [0.717, 1.165) is 10.5 Å². The van der Waals surface area contributed by atoms with Gasteiger partial charge >= 0.3 is 0 Å². The standard InChI is InChI=1S/C29H38B6N8O3/c1-7-21-26(41(5)17(2)3)40-25(23(39-21)24(36)45)38-20-11-8-10-19(16-20)13-14-37-27(46)18(4)42(6)22(44)12-9-15-43(28(30,31)32)29(33,34)35/h8-12,16-18H,7,13-15H2,1-6H3,(H2,36,45)(H,37,46)(H,38,40)/b12-9+/t18-/m0/s1. The van der Waals surface area contributed by atoms with Gasteiger partial charge in [-0.2, -0.15) is 0 Å². The minimum Gasteiger partial charge on any atom is -0.364 e. The predicted octanol–water partition coefficient (Wildman–Crippen LogP) is -0.676. The maximum Gasteiger partial charge on any atom is 0.271 e. The van der Waals surface area contributed by atoms with E-state index in [-0.39, 0.29) is 30.0 Å². The highest BCUT2D eigenvalue weighted by Gasteiger charge is 2.28. The molecule has 0 aliphatic carbocycles. The van der Waals surface area contributed by atoms with Crippen molar-refractivity contribution in [2.24, 2.45) is 5.73 Å². The van der Waals surface area contributed by atoms with Crippen molar-refractivity contribution >= 4 is 82.1 Å². The van der Waals surface area contributed by atoms with Crippen LogP contribution in [0, 0.1) is 0 Å². The maximum atomic E-state index is 12.8. The average molecular weight is 612 g/mol. The molecule has 0 fully saturated rings. The second-order valence-corrected chi connectivity index (χ2v) is 11.4. The smallest absolute Gasteiger partial charge is 0.271 e. The van der Waals surface area contributed by atoms with Crippen LogP contribution in [0.15, 0.2) is 36.4 Å². The lowest BCUT2D eigenvalue weighted by molar-refractivity contribution is -0.135. The highest BCUT2D eigenvalue weighted by Crippen LogP contribution is 2.26. The number of nitrogens with two attached hydrogens (primary N) is 1. The molecule has 2 aromatic rings. The van der Waals surface area contributed by atoms with E-state index >= 15 is 0 Å². The van der Waals surface area contributed by atoms with Gasteiger partial charge in [0.05, 0.1) is 52.8 Å². The van der Waals surface area contributed by atoms with Crippen molar-refractivity contribution in [3.8, 4) is 0 Å². The van der Waals surface area contributed by atoms with Crippen LogP contribution in [0.1, 0.15) is 49.4 Å². The summed E-state index contributed by atoms with van der Waals surface area (Å²) in [6, 6.07) is 6.82. The Morgan fingerprint density at radius 1 is 1.02 bits per heavy atom. The van der Waals surface area contributed by atoms with Crippen LogP contribution in [0.4, 0.5) is 17.3 Å². The zero-order chi connectivity index (χ0) is 35.0. The van der Waals surface area contributed by atoms with Crippen molar-refractivity contribution in [2.75, 3.05) is 37.4 Å². The molecule has 230 valence electrons. The number of carbonyl (C=O) groups is 3. The number of primary amides is 1. The Hall–Kier alpha value is -3.60. The zero-order valence-electron chi connectivity index (χ0n) is 27.4. The van der Waals surface area contributed by atoms with E-state index in [1.165, 1.54) is 24.1 Å². The maximum absolute atomic E-state index is 12.8. The summed E-state index contributed by atoms with van der Waals surface area (Å²) in [5.74, 6) is -0.601. The van der Waals surface area contributed by atoms with Gasteiger partial charge in [0.1, 0.15) is 6.04 Å². The zero-order valence-corrected chi connectivity index (χ0v) is 27.4. The first kappa shape index (κ1) is 38.6. The van der Waals surface area contributed by atoms with Gasteiger partial charge < -0.3 is 31.1 Å². The van der Waals surface area contributed by atoms with Gasteiger partial charge in [0.15, 0.2) is 17.3 Å². The lowest BCUT2D eigenvalue weighted by Crippen LogP contribution is -2.63. The quantitative estimate of drug-likeness (QED) is 0.168. The van der Waals surface area contributed by atoms with Crippen molar-refractivity contribution in [1.82, 2.24) is 25.1 Å². The van der Waals surface area contributed by atoms with Gasteiger partial charge in [0.25, 0.3) is 5.91 Å². The third-order valence-corrected chi connectivity index (χ3v) is 7.32. The summed E-state index contributed by atoms with van der Waals surface area (Å²) in [5.41, 5.74) is 7.93. The molecule has 1 aromatic heterocycles. The first-order valence-electron chi connectivity index (χ1n) is 14.8. The van der Waals surface area contributed by atoms with Crippen LogP contribution in [0.2, 0.25) is 0 Å². The summed E-state index contributed by atoms with van der Waals surface area (Å²) >= 11 is 0.